The first-order valence-corrected chi connectivity index (χ1v) is 5.30. The zero-order valence-electron chi connectivity index (χ0n) is 8.62. The summed E-state index contributed by atoms with van der Waals surface area (Å²) in [6, 6.07) is 6.61. The number of rotatable bonds is 2. The fourth-order valence-corrected chi connectivity index (χ4v) is 2.09. The second-order valence-corrected chi connectivity index (χ2v) is 3.83. The van der Waals surface area contributed by atoms with Crippen molar-refractivity contribution in [1.29, 1.82) is 0 Å². The molecule has 1 atom stereocenters. The highest BCUT2D eigenvalue weighted by atomic mass is 16.5. The summed E-state index contributed by atoms with van der Waals surface area (Å²) < 4.78 is 5.60. The van der Waals surface area contributed by atoms with Crippen molar-refractivity contribution in [2.75, 3.05) is 6.61 Å². The van der Waals surface area contributed by atoms with Crippen molar-refractivity contribution in [2.24, 2.45) is 5.73 Å². The average molecular weight is 191 g/mol. The van der Waals surface area contributed by atoms with Crippen LogP contribution in [0.3, 0.4) is 0 Å². The van der Waals surface area contributed by atoms with Gasteiger partial charge in [-0.2, -0.15) is 0 Å². The Kier molecular flexibility index (Phi) is 2.73. The van der Waals surface area contributed by atoms with Crippen LogP contribution < -0.4 is 10.5 Å². The topological polar surface area (TPSA) is 35.2 Å². The molecule has 2 N–H and O–H groups in total. The predicted octanol–water partition coefficient (Wildman–Crippen LogP) is 1.90. The summed E-state index contributed by atoms with van der Waals surface area (Å²) in [7, 11) is 0. The number of ether oxygens (including phenoxy) is 1. The average Bonchev–Trinajstić information content (AvgIpc) is 2.18. The molecule has 0 aliphatic heterocycles. The molecule has 2 rings (SSSR count). The second-order valence-electron chi connectivity index (χ2n) is 3.83. The van der Waals surface area contributed by atoms with Crippen molar-refractivity contribution >= 4 is 0 Å². The van der Waals surface area contributed by atoms with E-state index in [2.05, 4.69) is 18.2 Å². The second kappa shape index (κ2) is 4.01. The normalized spacial score (nSPS) is 20.3. The van der Waals surface area contributed by atoms with Gasteiger partial charge >= 0.3 is 0 Å². The molecule has 14 heavy (non-hydrogen) atoms. The van der Waals surface area contributed by atoms with Gasteiger partial charge in [0.2, 0.25) is 0 Å². The van der Waals surface area contributed by atoms with E-state index in [4.69, 9.17) is 10.5 Å². The van der Waals surface area contributed by atoms with Gasteiger partial charge < -0.3 is 10.5 Å². The highest BCUT2D eigenvalue weighted by Gasteiger charge is 2.18. The monoisotopic (exact) mass is 191 g/mol. The number of benzene rings is 1. The van der Waals surface area contributed by atoms with Crippen molar-refractivity contribution < 1.29 is 4.74 Å². The van der Waals surface area contributed by atoms with Crippen molar-refractivity contribution in [3.05, 3.63) is 29.3 Å². The largest absolute Gasteiger partial charge is 0.494 e. The van der Waals surface area contributed by atoms with E-state index in [0.29, 0.717) is 6.04 Å². The summed E-state index contributed by atoms with van der Waals surface area (Å²) in [5.41, 5.74) is 8.67. The lowest BCUT2D eigenvalue weighted by Gasteiger charge is -2.23. The third-order valence-corrected chi connectivity index (χ3v) is 2.78. The van der Waals surface area contributed by atoms with Gasteiger partial charge in [0.1, 0.15) is 5.75 Å². The van der Waals surface area contributed by atoms with E-state index in [-0.39, 0.29) is 0 Å². The summed E-state index contributed by atoms with van der Waals surface area (Å²) in [5, 5.41) is 0. The zero-order valence-corrected chi connectivity index (χ0v) is 8.62. The Bertz CT molecular complexity index is 308. The fraction of sp³-hybridized carbons (Fsp3) is 0.500. The SMILES string of the molecule is CCOc1cccc2c1CC[C@@H](N)C2. The molecule has 0 amide bonds. The maximum atomic E-state index is 5.93. The van der Waals surface area contributed by atoms with Crippen LogP contribution >= 0.6 is 0 Å². The molecule has 0 saturated heterocycles. The maximum Gasteiger partial charge on any atom is 0.122 e. The van der Waals surface area contributed by atoms with E-state index in [1.807, 2.05) is 6.92 Å². The van der Waals surface area contributed by atoms with Gasteiger partial charge in [-0.05, 0) is 43.4 Å². The van der Waals surface area contributed by atoms with E-state index in [0.717, 1.165) is 31.6 Å². The number of hydrogen-bond donors (Lipinski definition) is 1. The van der Waals surface area contributed by atoms with Crippen LogP contribution in [0.1, 0.15) is 24.5 Å². The van der Waals surface area contributed by atoms with E-state index < -0.39 is 0 Å². The van der Waals surface area contributed by atoms with Gasteiger partial charge in [-0.15, -0.1) is 0 Å². The van der Waals surface area contributed by atoms with Crippen molar-refractivity contribution in [3.63, 3.8) is 0 Å². The smallest absolute Gasteiger partial charge is 0.122 e. The molecule has 1 aromatic carbocycles. The molecule has 1 aliphatic carbocycles. The minimum absolute atomic E-state index is 0.333. The Labute approximate surface area is 85.1 Å². The van der Waals surface area contributed by atoms with Crippen LogP contribution in [0.4, 0.5) is 0 Å². The van der Waals surface area contributed by atoms with Gasteiger partial charge in [0.25, 0.3) is 0 Å². The Morgan fingerprint density at radius 2 is 2.36 bits per heavy atom. The molecule has 0 aromatic heterocycles. The Balaban J connectivity index is 2.31. The van der Waals surface area contributed by atoms with E-state index in [1.165, 1.54) is 11.1 Å². The van der Waals surface area contributed by atoms with Crippen LogP contribution in [-0.4, -0.2) is 12.6 Å². The summed E-state index contributed by atoms with van der Waals surface area (Å²) in [4.78, 5) is 0. The first kappa shape index (κ1) is 9.53. The fourth-order valence-electron chi connectivity index (χ4n) is 2.09. The summed E-state index contributed by atoms with van der Waals surface area (Å²) in [6.07, 6.45) is 3.14. The van der Waals surface area contributed by atoms with Crippen LogP contribution in [-0.2, 0) is 12.8 Å². The molecule has 0 fully saturated rings. The highest BCUT2D eigenvalue weighted by Crippen LogP contribution is 2.29. The summed E-state index contributed by atoms with van der Waals surface area (Å²) in [6.45, 7) is 2.76. The van der Waals surface area contributed by atoms with E-state index >= 15 is 0 Å². The molecule has 0 heterocycles. The molecule has 0 saturated carbocycles. The van der Waals surface area contributed by atoms with Crippen LogP contribution in [0.25, 0.3) is 0 Å². The third-order valence-electron chi connectivity index (χ3n) is 2.78. The Morgan fingerprint density at radius 1 is 1.50 bits per heavy atom. The Hall–Kier alpha value is -1.02. The lowest BCUT2D eigenvalue weighted by Crippen LogP contribution is -2.28. The molecular weight excluding hydrogens is 174 g/mol. The molecule has 2 heteroatoms. The summed E-state index contributed by atoms with van der Waals surface area (Å²) in [5.74, 6) is 1.05. The lowest BCUT2D eigenvalue weighted by molar-refractivity contribution is 0.334. The van der Waals surface area contributed by atoms with Crippen LogP contribution in [0.2, 0.25) is 0 Å². The standard InChI is InChI=1S/C12H17NO/c1-2-14-12-5-3-4-9-8-10(13)6-7-11(9)12/h3-5,10H,2,6-8,13H2,1H3/t10-/m1/s1. The van der Waals surface area contributed by atoms with Gasteiger partial charge in [-0.3, -0.25) is 0 Å². The first-order chi connectivity index (χ1) is 6.81. The molecule has 0 radical (unpaired) electrons. The molecule has 76 valence electrons. The molecular formula is C12H17NO. The number of fused-ring (bicyclic) bond motifs is 1. The molecule has 2 nitrogen and oxygen atoms in total. The highest BCUT2D eigenvalue weighted by molar-refractivity contribution is 5.42. The van der Waals surface area contributed by atoms with Crippen LogP contribution in [0, 0.1) is 0 Å². The first-order valence-electron chi connectivity index (χ1n) is 5.30. The minimum atomic E-state index is 0.333. The van der Waals surface area contributed by atoms with Crippen molar-refractivity contribution in [2.45, 2.75) is 32.2 Å². The van der Waals surface area contributed by atoms with E-state index in [9.17, 15) is 0 Å². The molecule has 0 unspecified atom stereocenters. The zero-order chi connectivity index (χ0) is 9.97. The summed E-state index contributed by atoms with van der Waals surface area (Å²) >= 11 is 0. The molecule has 1 aliphatic rings. The van der Waals surface area contributed by atoms with Gasteiger partial charge in [0, 0.05) is 6.04 Å². The lowest BCUT2D eigenvalue weighted by atomic mass is 9.88. The minimum Gasteiger partial charge on any atom is -0.494 e. The quantitative estimate of drug-likeness (QED) is 0.775. The predicted molar refractivity (Wildman–Crippen MR) is 57.6 cm³/mol. The van der Waals surface area contributed by atoms with E-state index in [1.54, 1.807) is 0 Å². The number of hydrogen-bond acceptors (Lipinski definition) is 2. The van der Waals surface area contributed by atoms with Gasteiger partial charge in [-0.1, -0.05) is 12.1 Å². The van der Waals surface area contributed by atoms with Gasteiger partial charge in [-0.25, -0.2) is 0 Å². The third kappa shape index (κ3) is 1.75. The van der Waals surface area contributed by atoms with Crippen molar-refractivity contribution in [1.82, 2.24) is 0 Å². The molecule has 0 spiro atoms. The van der Waals surface area contributed by atoms with Crippen LogP contribution in [0.15, 0.2) is 18.2 Å². The number of nitrogens with two attached hydrogens (primary N) is 1. The van der Waals surface area contributed by atoms with Gasteiger partial charge in [0.15, 0.2) is 0 Å². The van der Waals surface area contributed by atoms with Gasteiger partial charge in [0.05, 0.1) is 6.61 Å². The molecule has 1 aromatic rings. The van der Waals surface area contributed by atoms with Crippen LogP contribution in [0.5, 0.6) is 5.75 Å². The maximum absolute atomic E-state index is 5.93. The molecule has 0 bridgehead atoms. The van der Waals surface area contributed by atoms with Crippen molar-refractivity contribution in [3.8, 4) is 5.75 Å². The Morgan fingerprint density at radius 3 is 3.14 bits per heavy atom.